The first-order chi connectivity index (χ1) is 13.6. The predicted molar refractivity (Wildman–Crippen MR) is 110 cm³/mol. The third kappa shape index (κ3) is 5.34. The average Bonchev–Trinajstić information content (AvgIpc) is 3.43. The maximum absolute atomic E-state index is 13.2. The maximum Gasteiger partial charge on any atom is 0.221 e. The number of carbonyl (C=O) groups excluding carboxylic acids is 2. The lowest BCUT2D eigenvalue weighted by atomic mass is 9.75. The van der Waals surface area contributed by atoms with Crippen LogP contribution in [0.2, 0.25) is 0 Å². The van der Waals surface area contributed by atoms with E-state index in [0.29, 0.717) is 19.4 Å². The fraction of sp³-hybridized carbons (Fsp3) is 0.545. The first kappa shape index (κ1) is 21.7. The summed E-state index contributed by atoms with van der Waals surface area (Å²) in [6, 6.07) is 6.41. The third-order valence-corrected chi connectivity index (χ3v) is 7.09. The van der Waals surface area contributed by atoms with Crippen LogP contribution in [0.4, 0.5) is 0 Å². The standard InChI is InChI=1S/C22H29NO5S/c1-22(14-28-22)20(24)18(12-15-6-4-3-5-7-15)19(21(23)25)13-16-8-10-17(11-9-16)29(2,26)27/h6,8-11,18-19H,3-5,7,12-14H2,1-2H3,(H2,23,25)/t18-,19?,22+/m0/s1. The molecule has 158 valence electrons. The number of epoxide rings is 1. The van der Waals surface area contributed by atoms with Crippen molar-refractivity contribution in [3.05, 3.63) is 41.5 Å². The molecule has 1 aromatic carbocycles. The largest absolute Gasteiger partial charge is 0.369 e. The van der Waals surface area contributed by atoms with Gasteiger partial charge in [-0.25, -0.2) is 8.42 Å². The van der Waals surface area contributed by atoms with Gasteiger partial charge < -0.3 is 10.5 Å². The van der Waals surface area contributed by atoms with E-state index < -0.39 is 33.2 Å². The van der Waals surface area contributed by atoms with Crippen molar-refractivity contribution in [2.24, 2.45) is 17.6 Å². The molecule has 0 radical (unpaired) electrons. The highest BCUT2D eigenvalue weighted by Crippen LogP contribution is 2.37. The second-order valence-electron chi connectivity index (χ2n) is 8.43. The number of ketones is 1. The molecular formula is C22H29NO5S. The number of amides is 1. The summed E-state index contributed by atoms with van der Waals surface area (Å²) in [5.74, 6) is -1.80. The maximum atomic E-state index is 13.2. The zero-order valence-electron chi connectivity index (χ0n) is 17.0. The van der Waals surface area contributed by atoms with Crippen LogP contribution in [0.25, 0.3) is 0 Å². The van der Waals surface area contributed by atoms with E-state index in [0.717, 1.165) is 37.5 Å². The van der Waals surface area contributed by atoms with Gasteiger partial charge in [-0.1, -0.05) is 23.8 Å². The number of benzene rings is 1. The van der Waals surface area contributed by atoms with Gasteiger partial charge in [-0.05, 0) is 63.1 Å². The molecule has 1 unspecified atom stereocenters. The molecule has 2 aliphatic rings. The summed E-state index contributed by atoms with van der Waals surface area (Å²) in [4.78, 5) is 25.8. The van der Waals surface area contributed by atoms with Crippen molar-refractivity contribution in [2.45, 2.75) is 55.9 Å². The summed E-state index contributed by atoms with van der Waals surface area (Å²) < 4.78 is 28.7. The summed E-state index contributed by atoms with van der Waals surface area (Å²) in [5, 5.41) is 0. The van der Waals surface area contributed by atoms with E-state index in [1.165, 1.54) is 17.7 Å². The van der Waals surface area contributed by atoms with Crippen molar-refractivity contribution >= 4 is 21.5 Å². The van der Waals surface area contributed by atoms with Crippen molar-refractivity contribution < 1.29 is 22.7 Å². The van der Waals surface area contributed by atoms with Gasteiger partial charge in [0.2, 0.25) is 5.91 Å². The Labute approximate surface area is 172 Å². The Morgan fingerprint density at radius 3 is 2.28 bits per heavy atom. The lowest BCUT2D eigenvalue weighted by Crippen LogP contribution is -2.41. The van der Waals surface area contributed by atoms with Crippen LogP contribution < -0.4 is 5.73 Å². The second-order valence-corrected chi connectivity index (χ2v) is 10.4. The van der Waals surface area contributed by atoms with Gasteiger partial charge in [0.15, 0.2) is 15.6 Å². The lowest BCUT2D eigenvalue weighted by Gasteiger charge is -2.27. The van der Waals surface area contributed by atoms with E-state index in [1.807, 2.05) is 0 Å². The molecule has 0 bridgehead atoms. The normalized spacial score (nSPS) is 23.7. The van der Waals surface area contributed by atoms with Gasteiger partial charge in [0.1, 0.15) is 5.60 Å². The van der Waals surface area contributed by atoms with E-state index >= 15 is 0 Å². The van der Waals surface area contributed by atoms with Crippen LogP contribution in [0, 0.1) is 11.8 Å². The quantitative estimate of drug-likeness (QED) is 0.489. The molecule has 3 rings (SSSR count). The number of hydrogen-bond donors (Lipinski definition) is 1. The van der Waals surface area contributed by atoms with Crippen molar-refractivity contribution in [2.75, 3.05) is 12.9 Å². The molecule has 1 fully saturated rings. The van der Waals surface area contributed by atoms with Crippen LogP contribution in [0.3, 0.4) is 0 Å². The third-order valence-electron chi connectivity index (χ3n) is 5.96. The van der Waals surface area contributed by atoms with Crippen molar-refractivity contribution in [1.82, 2.24) is 0 Å². The molecule has 1 aromatic rings. The van der Waals surface area contributed by atoms with Gasteiger partial charge in [0.25, 0.3) is 0 Å². The average molecular weight is 420 g/mol. The molecule has 6 nitrogen and oxygen atoms in total. The topological polar surface area (TPSA) is 107 Å². The molecule has 7 heteroatoms. The van der Waals surface area contributed by atoms with Gasteiger partial charge >= 0.3 is 0 Å². The van der Waals surface area contributed by atoms with Crippen molar-refractivity contribution in [1.29, 1.82) is 0 Å². The molecule has 0 aromatic heterocycles. The van der Waals surface area contributed by atoms with Crippen LogP contribution in [0.5, 0.6) is 0 Å². The fourth-order valence-corrected chi connectivity index (χ4v) is 4.63. The van der Waals surface area contributed by atoms with Crippen LogP contribution in [0.1, 0.15) is 44.6 Å². The summed E-state index contributed by atoms with van der Waals surface area (Å²) in [7, 11) is -3.29. The van der Waals surface area contributed by atoms with Gasteiger partial charge in [-0.2, -0.15) is 0 Å². The van der Waals surface area contributed by atoms with E-state index in [1.54, 1.807) is 19.1 Å². The number of sulfone groups is 1. The Morgan fingerprint density at radius 2 is 1.79 bits per heavy atom. The highest BCUT2D eigenvalue weighted by molar-refractivity contribution is 7.90. The molecule has 1 amide bonds. The number of ether oxygens (including phenoxy) is 1. The molecule has 29 heavy (non-hydrogen) atoms. The Hall–Kier alpha value is -1.99. The van der Waals surface area contributed by atoms with E-state index in [2.05, 4.69) is 6.08 Å². The highest BCUT2D eigenvalue weighted by Gasteiger charge is 2.51. The number of allylic oxidation sites excluding steroid dienone is 2. The Kier molecular flexibility index (Phi) is 6.29. The van der Waals surface area contributed by atoms with Gasteiger partial charge in [0.05, 0.1) is 17.4 Å². The zero-order valence-corrected chi connectivity index (χ0v) is 17.8. The Morgan fingerprint density at radius 1 is 1.14 bits per heavy atom. The molecule has 0 saturated carbocycles. The van der Waals surface area contributed by atoms with Gasteiger partial charge in [0, 0.05) is 12.2 Å². The lowest BCUT2D eigenvalue weighted by molar-refractivity contribution is -0.134. The van der Waals surface area contributed by atoms with E-state index in [4.69, 9.17) is 10.5 Å². The zero-order chi connectivity index (χ0) is 21.2. The van der Waals surface area contributed by atoms with Crippen LogP contribution in [-0.2, 0) is 30.6 Å². The first-order valence-electron chi connectivity index (χ1n) is 10.0. The molecule has 2 N–H and O–H groups in total. The summed E-state index contributed by atoms with van der Waals surface area (Å²) >= 11 is 0. The minimum absolute atomic E-state index is 0.0690. The number of rotatable bonds is 9. The molecule has 1 aliphatic carbocycles. The second kappa shape index (κ2) is 8.40. The smallest absolute Gasteiger partial charge is 0.221 e. The van der Waals surface area contributed by atoms with Crippen LogP contribution in [0.15, 0.2) is 40.8 Å². The van der Waals surface area contributed by atoms with Crippen molar-refractivity contribution in [3.8, 4) is 0 Å². The summed E-state index contributed by atoms with van der Waals surface area (Å²) in [6.45, 7) is 2.13. The molecule has 3 atom stereocenters. The number of Topliss-reactive ketones (excluding diaryl/α,β-unsaturated/α-hetero) is 1. The predicted octanol–water partition coefficient (Wildman–Crippen LogP) is 2.60. The number of hydrogen-bond acceptors (Lipinski definition) is 5. The molecular weight excluding hydrogens is 390 g/mol. The number of nitrogens with two attached hydrogens (primary N) is 1. The minimum Gasteiger partial charge on any atom is -0.369 e. The van der Waals surface area contributed by atoms with E-state index in [9.17, 15) is 18.0 Å². The van der Waals surface area contributed by atoms with Crippen molar-refractivity contribution in [3.63, 3.8) is 0 Å². The monoisotopic (exact) mass is 419 g/mol. The Balaban J connectivity index is 1.86. The van der Waals surface area contributed by atoms with Crippen LogP contribution in [-0.4, -0.2) is 38.6 Å². The minimum atomic E-state index is -3.29. The van der Waals surface area contributed by atoms with Gasteiger partial charge in [-0.3, -0.25) is 9.59 Å². The summed E-state index contributed by atoms with van der Waals surface area (Å²) in [6.07, 6.45) is 8.32. The first-order valence-corrected chi connectivity index (χ1v) is 11.9. The molecule has 0 spiro atoms. The van der Waals surface area contributed by atoms with Gasteiger partial charge in [-0.15, -0.1) is 0 Å². The Bertz CT molecular complexity index is 913. The SMILES string of the molecule is C[C@]1(C(=O)[C@@H](CC2=CCCCC2)C(Cc2ccc(S(C)(=O)=O)cc2)C(N)=O)CO1. The molecule has 1 heterocycles. The summed E-state index contributed by atoms with van der Waals surface area (Å²) in [5.41, 5.74) is 6.90. The number of primary amides is 1. The van der Waals surface area contributed by atoms with E-state index in [-0.39, 0.29) is 10.7 Å². The fourth-order valence-electron chi connectivity index (χ4n) is 4.00. The molecule has 1 saturated heterocycles. The molecule has 1 aliphatic heterocycles. The van der Waals surface area contributed by atoms with Crippen LogP contribution >= 0.6 is 0 Å². The number of carbonyl (C=O) groups is 2. The highest BCUT2D eigenvalue weighted by atomic mass is 32.2.